The number of amides is 2. The SMILES string of the molecule is Cl.O=C(c1ccc(F)cc1)N1CCN(c2ccc(OC3CCN(C4CCC4)CC3)cc2)C(=O)C1. The molecule has 0 N–H and O–H groups in total. The maximum Gasteiger partial charge on any atom is 0.254 e. The van der Waals surface area contributed by atoms with Gasteiger partial charge in [0.05, 0.1) is 0 Å². The zero-order valence-corrected chi connectivity index (χ0v) is 20.0. The summed E-state index contributed by atoms with van der Waals surface area (Å²) in [6.45, 7) is 3.09. The number of hydrogen-bond donors (Lipinski definition) is 0. The fraction of sp³-hybridized carbons (Fsp3) is 0.462. The van der Waals surface area contributed by atoms with Crippen LogP contribution in [0.15, 0.2) is 48.5 Å². The van der Waals surface area contributed by atoms with E-state index in [0.29, 0.717) is 18.7 Å². The number of hydrogen-bond acceptors (Lipinski definition) is 4. The zero-order chi connectivity index (χ0) is 22.8. The minimum Gasteiger partial charge on any atom is -0.490 e. The van der Waals surface area contributed by atoms with E-state index in [9.17, 15) is 14.0 Å². The summed E-state index contributed by atoms with van der Waals surface area (Å²) in [5, 5.41) is 0. The molecule has 2 aromatic carbocycles. The van der Waals surface area contributed by atoms with Gasteiger partial charge in [0.25, 0.3) is 5.91 Å². The number of piperazine rings is 1. The fourth-order valence-electron chi connectivity index (χ4n) is 4.90. The topological polar surface area (TPSA) is 53.1 Å². The van der Waals surface area contributed by atoms with E-state index in [-0.39, 0.29) is 42.7 Å². The number of carbonyl (C=O) groups is 2. The fourth-order valence-corrected chi connectivity index (χ4v) is 4.90. The van der Waals surface area contributed by atoms with Crippen molar-refractivity contribution < 1.29 is 18.7 Å². The lowest BCUT2D eigenvalue weighted by Crippen LogP contribution is -2.52. The van der Waals surface area contributed by atoms with Gasteiger partial charge in [-0.05, 0) is 74.2 Å². The Hall–Kier alpha value is -2.64. The Morgan fingerprint density at radius 2 is 1.56 bits per heavy atom. The lowest BCUT2D eigenvalue weighted by Gasteiger charge is -2.41. The number of benzene rings is 2. The van der Waals surface area contributed by atoms with Crippen LogP contribution in [0.4, 0.5) is 10.1 Å². The van der Waals surface area contributed by atoms with Crippen molar-refractivity contribution in [2.75, 3.05) is 37.6 Å². The van der Waals surface area contributed by atoms with E-state index in [0.717, 1.165) is 43.4 Å². The third-order valence-corrected chi connectivity index (χ3v) is 7.12. The van der Waals surface area contributed by atoms with Gasteiger partial charge in [-0.25, -0.2) is 4.39 Å². The first kappa shape index (κ1) is 24.5. The molecule has 2 amide bonds. The zero-order valence-electron chi connectivity index (χ0n) is 19.2. The molecule has 0 aromatic heterocycles. The highest BCUT2D eigenvalue weighted by atomic mass is 35.5. The predicted octanol–water partition coefficient (Wildman–Crippen LogP) is 4.13. The first-order valence-corrected chi connectivity index (χ1v) is 11.9. The van der Waals surface area contributed by atoms with Gasteiger partial charge in [0.15, 0.2) is 0 Å². The van der Waals surface area contributed by atoms with Crippen LogP contribution in [0.3, 0.4) is 0 Å². The van der Waals surface area contributed by atoms with Crippen LogP contribution in [0, 0.1) is 5.82 Å². The lowest BCUT2D eigenvalue weighted by atomic mass is 9.90. The van der Waals surface area contributed by atoms with Crippen molar-refractivity contribution in [2.45, 2.75) is 44.2 Å². The summed E-state index contributed by atoms with van der Waals surface area (Å²) in [6.07, 6.45) is 6.42. The van der Waals surface area contributed by atoms with Gasteiger partial charge in [0, 0.05) is 43.5 Å². The van der Waals surface area contributed by atoms with Crippen molar-refractivity contribution in [2.24, 2.45) is 0 Å². The predicted molar refractivity (Wildman–Crippen MR) is 131 cm³/mol. The molecule has 1 saturated carbocycles. The Bertz CT molecular complexity index is 989. The van der Waals surface area contributed by atoms with E-state index < -0.39 is 0 Å². The first-order chi connectivity index (χ1) is 16.1. The van der Waals surface area contributed by atoms with Crippen LogP contribution in [0.5, 0.6) is 5.75 Å². The van der Waals surface area contributed by atoms with Gasteiger partial charge >= 0.3 is 0 Å². The Labute approximate surface area is 206 Å². The quantitative estimate of drug-likeness (QED) is 0.636. The summed E-state index contributed by atoms with van der Waals surface area (Å²) in [6, 6.07) is 13.9. The molecule has 2 aromatic rings. The number of halogens is 2. The standard InChI is InChI=1S/C26H30FN3O3.ClH/c27-20-6-4-19(5-7-20)26(32)29-16-17-30(25(31)18-29)22-8-10-23(11-9-22)33-24-12-14-28(15-13-24)21-2-1-3-21;/h4-11,21,24H,1-3,12-18H2;1H. The number of carbonyl (C=O) groups excluding carboxylic acids is 2. The summed E-state index contributed by atoms with van der Waals surface area (Å²) in [5.41, 5.74) is 1.19. The van der Waals surface area contributed by atoms with Crippen molar-refractivity contribution >= 4 is 29.9 Å². The second-order valence-electron chi connectivity index (χ2n) is 9.21. The average Bonchev–Trinajstić information content (AvgIpc) is 2.80. The van der Waals surface area contributed by atoms with Gasteiger partial charge in [0.2, 0.25) is 5.91 Å². The second kappa shape index (κ2) is 10.7. The summed E-state index contributed by atoms with van der Waals surface area (Å²) < 4.78 is 19.3. The van der Waals surface area contributed by atoms with Crippen LogP contribution in [-0.2, 0) is 4.79 Å². The molecule has 0 spiro atoms. The van der Waals surface area contributed by atoms with Crippen LogP contribution in [0.25, 0.3) is 0 Å². The van der Waals surface area contributed by atoms with Crippen molar-refractivity contribution in [1.29, 1.82) is 0 Å². The van der Waals surface area contributed by atoms with E-state index in [2.05, 4.69) is 4.90 Å². The van der Waals surface area contributed by atoms with Crippen LogP contribution >= 0.6 is 12.4 Å². The molecule has 5 rings (SSSR count). The van der Waals surface area contributed by atoms with Gasteiger partial charge in [-0.15, -0.1) is 12.4 Å². The van der Waals surface area contributed by atoms with Crippen molar-refractivity contribution in [3.8, 4) is 5.75 Å². The monoisotopic (exact) mass is 487 g/mol. The molecule has 34 heavy (non-hydrogen) atoms. The second-order valence-corrected chi connectivity index (χ2v) is 9.21. The largest absolute Gasteiger partial charge is 0.490 e. The van der Waals surface area contributed by atoms with Gasteiger partial charge in [-0.3, -0.25) is 9.59 Å². The molecule has 3 aliphatic rings. The van der Waals surface area contributed by atoms with E-state index in [1.807, 2.05) is 24.3 Å². The summed E-state index contributed by atoms with van der Waals surface area (Å²) >= 11 is 0. The van der Waals surface area contributed by atoms with E-state index >= 15 is 0 Å². The number of ether oxygens (including phenoxy) is 1. The molecule has 2 aliphatic heterocycles. The molecule has 1 aliphatic carbocycles. The van der Waals surface area contributed by atoms with Crippen LogP contribution in [0.2, 0.25) is 0 Å². The number of likely N-dealkylation sites (tertiary alicyclic amines) is 1. The number of nitrogens with zero attached hydrogens (tertiary/aromatic N) is 3. The van der Waals surface area contributed by atoms with E-state index in [1.165, 1.54) is 48.4 Å². The smallest absolute Gasteiger partial charge is 0.254 e. The van der Waals surface area contributed by atoms with Crippen molar-refractivity contribution in [3.05, 3.63) is 59.9 Å². The minimum atomic E-state index is -0.390. The molecule has 6 nitrogen and oxygen atoms in total. The summed E-state index contributed by atoms with van der Waals surface area (Å²) in [4.78, 5) is 31.2. The normalized spacial score (nSPS) is 20.0. The average molecular weight is 488 g/mol. The van der Waals surface area contributed by atoms with Gasteiger partial charge in [-0.2, -0.15) is 0 Å². The molecule has 0 unspecified atom stereocenters. The number of rotatable bonds is 5. The Kier molecular flexibility index (Phi) is 7.73. The van der Waals surface area contributed by atoms with Crippen molar-refractivity contribution in [3.63, 3.8) is 0 Å². The molecule has 2 heterocycles. The third-order valence-electron chi connectivity index (χ3n) is 7.12. The highest BCUT2D eigenvalue weighted by Gasteiger charge is 2.30. The Morgan fingerprint density at radius 1 is 0.882 bits per heavy atom. The Morgan fingerprint density at radius 3 is 2.15 bits per heavy atom. The summed E-state index contributed by atoms with van der Waals surface area (Å²) in [7, 11) is 0. The number of anilines is 1. The molecule has 0 bridgehead atoms. The van der Waals surface area contributed by atoms with Gasteiger partial charge in [-0.1, -0.05) is 6.42 Å². The van der Waals surface area contributed by atoms with E-state index in [1.54, 1.807) is 4.90 Å². The molecular weight excluding hydrogens is 457 g/mol. The minimum absolute atomic E-state index is 0. The summed E-state index contributed by atoms with van der Waals surface area (Å²) in [5.74, 6) is 0.0567. The molecule has 8 heteroatoms. The number of piperidine rings is 1. The third kappa shape index (κ3) is 5.36. The lowest BCUT2D eigenvalue weighted by molar-refractivity contribution is -0.120. The molecule has 2 saturated heterocycles. The van der Waals surface area contributed by atoms with Gasteiger partial charge < -0.3 is 19.4 Å². The van der Waals surface area contributed by atoms with Crippen LogP contribution in [-0.4, -0.2) is 66.5 Å². The molecular formula is C26H31ClFN3O3. The molecule has 0 atom stereocenters. The maximum atomic E-state index is 13.1. The van der Waals surface area contributed by atoms with Gasteiger partial charge in [0.1, 0.15) is 24.2 Å². The maximum absolute atomic E-state index is 13.1. The van der Waals surface area contributed by atoms with Crippen LogP contribution in [0.1, 0.15) is 42.5 Å². The molecule has 182 valence electrons. The molecule has 0 radical (unpaired) electrons. The Balaban J connectivity index is 0.00000274. The highest BCUT2D eigenvalue weighted by Crippen LogP contribution is 2.29. The van der Waals surface area contributed by atoms with E-state index in [4.69, 9.17) is 4.74 Å². The first-order valence-electron chi connectivity index (χ1n) is 11.9. The van der Waals surface area contributed by atoms with Crippen LogP contribution < -0.4 is 9.64 Å². The molecule has 3 fully saturated rings. The highest BCUT2D eigenvalue weighted by molar-refractivity contribution is 6.01. The van der Waals surface area contributed by atoms with Crippen molar-refractivity contribution in [1.82, 2.24) is 9.80 Å².